The Hall–Kier alpha value is -2.78. The minimum Gasteiger partial charge on any atom is -0.295 e. The van der Waals surface area contributed by atoms with Gasteiger partial charge in [0.25, 0.3) is 0 Å². The number of ketones is 2. The first kappa shape index (κ1) is 36.4. The van der Waals surface area contributed by atoms with E-state index in [4.69, 9.17) is 0 Å². The monoisotopic (exact) mass is 585 g/mol. The molecule has 0 radical (unpaired) electrons. The normalized spacial score (nSPS) is 11.3. The molecule has 0 fully saturated rings. The van der Waals surface area contributed by atoms with Crippen LogP contribution in [-0.4, -0.2) is 36.1 Å². The van der Waals surface area contributed by atoms with E-state index in [1.807, 2.05) is 0 Å². The highest BCUT2D eigenvalue weighted by Crippen LogP contribution is 2.27. The highest BCUT2D eigenvalue weighted by atomic mass is 16.1. The Morgan fingerprint density at radius 2 is 0.791 bits per heavy atom. The Bertz CT molecular complexity index is 1100. The van der Waals surface area contributed by atoms with Crippen molar-refractivity contribution in [1.82, 2.24) is 4.90 Å². The summed E-state index contributed by atoms with van der Waals surface area (Å²) in [5.41, 5.74) is 10.2. The Morgan fingerprint density at radius 3 is 1.02 bits per heavy atom. The molecule has 3 nitrogen and oxygen atoms in total. The van der Waals surface area contributed by atoms with E-state index in [-0.39, 0.29) is 11.6 Å². The zero-order chi connectivity index (χ0) is 31.9. The van der Waals surface area contributed by atoms with Crippen LogP contribution in [0.4, 0.5) is 0 Å². The van der Waals surface area contributed by atoms with E-state index in [0.29, 0.717) is 30.8 Å². The van der Waals surface area contributed by atoms with Crippen LogP contribution < -0.4 is 0 Å². The van der Waals surface area contributed by atoms with E-state index in [9.17, 15) is 9.59 Å². The first-order valence-electron chi connectivity index (χ1n) is 17.2. The number of Topliss-reactive ketones (excluding diaryl/α,β-unsaturated/α-hetero) is 2. The van der Waals surface area contributed by atoms with Crippen molar-refractivity contribution in [2.24, 2.45) is 0 Å². The van der Waals surface area contributed by atoms with Crippen LogP contribution >= 0.6 is 0 Å². The molecule has 0 bridgehead atoms. The Balaban J connectivity index is 2.34. The molecular formula is C40H59NO2. The smallest absolute Gasteiger partial charge is 0.190 e. The number of nitrogens with zero attached hydrogens (tertiary/aromatic N) is 1. The molecule has 43 heavy (non-hydrogen) atoms. The van der Waals surface area contributed by atoms with Crippen molar-refractivity contribution in [3.05, 3.63) is 93.1 Å². The minimum atomic E-state index is 0.0484. The van der Waals surface area contributed by atoms with Gasteiger partial charge >= 0.3 is 0 Å². The lowest BCUT2D eigenvalue weighted by atomic mass is 9.87. The summed E-state index contributed by atoms with van der Waals surface area (Å²) in [6.45, 7) is 25.3. The van der Waals surface area contributed by atoms with Gasteiger partial charge in [-0.3, -0.25) is 14.5 Å². The summed E-state index contributed by atoms with van der Waals surface area (Å²) in [6, 6.07) is 8.99. The highest BCUT2D eigenvalue weighted by Gasteiger charge is 2.24. The average Bonchev–Trinajstić information content (AvgIpc) is 2.97. The van der Waals surface area contributed by atoms with Gasteiger partial charge in [-0.05, 0) is 78.5 Å². The van der Waals surface area contributed by atoms with Gasteiger partial charge in [0.15, 0.2) is 11.6 Å². The molecule has 0 spiro atoms. The lowest BCUT2D eigenvalue weighted by molar-refractivity contribution is 0.102. The van der Waals surface area contributed by atoms with Crippen molar-refractivity contribution in [3.63, 3.8) is 0 Å². The Labute approximate surface area is 263 Å². The van der Waals surface area contributed by atoms with E-state index < -0.39 is 0 Å². The van der Waals surface area contributed by atoms with Crippen molar-refractivity contribution < 1.29 is 9.59 Å². The van der Waals surface area contributed by atoms with E-state index in [1.165, 1.54) is 11.1 Å². The molecule has 236 valence electrons. The van der Waals surface area contributed by atoms with Crippen molar-refractivity contribution >= 4 is 11.6 Å². The van der Waals surface area contributed by atoms with Gasteiger partial charge in [0.05, 0.1) is 0 Å². The molecule has 0 aliphatic carbocycles. The molecule has 3 heteroatoms. The average molecular weight is 586 g/mol. The fourth-order valence-electron chi connectivity index (χ4n) is 6.31. The predicted octanol–water partition coefficient (Wildman–Crippen LogP) is 9.90. The summed E-state index contributed by atoms with van der Waals surface area (Å²) in [4.78, 5) is 30.1. The molecule has 0 aliphatic heterocycles. The minimum absolute atomic E-state index is 0.0484. The standard InChI is InChI=1S/C40H59NO2/c1-10-17-31-23-33(19-12-3)37(34(24-31)20-13-4)39(42)29(8)27-41(16-7)28-30(9)40(43)38-35(21-14-5)25-32(18-11-2)26-36(38)22-15-6/h23-26H,8-22,27-28H2,1-7H3. The second-order valence-corrected chi connectivity index (χ2v) is 12.2. The number of hydrogen-bond donors (Lipinski definition) is 0. The molecule has 0 saturated carbocycles. The van der Waals surface area contributed by atoms with E-state index in [2.05, 4.69) is 90.8 Å². The number of aryl methyl sites for hydroxylation is 6. The third-order valence-electron chi connectivity index (χ3n) is 8.25. The Kier molecular flexibility index (Phi) is 15.9. The quantitative estimate of drug-likeness (QED) is 0.108. The lowest BCUT2D eigenvalue weighted by Crippen LogP contribution is -2.32. The number of hydrogen-bond acceptors (Lipinski definition) is 3. The van der Waals surface area contributed by atoms with E-state index in [0.717, 1.165) is 110 Å². The fraction of sp³-hybridized carbons (Fsp3) is 0.550. The maximum absolute atomic E-state index is 14.0. The fourth-order valence-corrected chi connectivity index (χ4v) is 6.31. The molecular weight excluding hydrogens is 526 g/mol. The van der Waals surface area contributed by atoms with Crippen LogP contribution in [0.25, 0.3) is 0 Å². The van der Waals surface area contributed by atoms with E-state index >= 15 is 0 Å². The zero-order valence-corrected chi connectivity index (χ0v) is 28.6. The number of carbonyl (C=O) groups is 2. The third-order valence-corrected chi connectivity index (χ3v) is 8.25. The number of benzene rings is 2. The molecule has 0 saturated heterocycles. The van der Waals surface area contributed by atoms with Crippen LogP contribution in [0.15, 0.2) is 48.6 Å². The van der Waals surface area contributed by atoms with Gasteiger partial charge in [0.2, 0.25) is 0 Å². The molecule has 2 rings (SSSR count). The van der Waals surface area contributed by atoms with Gasteiger partial charge in [-0.15, -0.1) is 0 Å². The van der Waals surface area contributed by atoms with Crippen LogP contribution in [0.1, 0.15) is 141 Å². The zero-order valence-electron chi connectivity index (χ0n) is 28.6. The second kappa shape index (κ2) is 18.8. The topological polar surface area (TPSA) is 37.4 Å². The molecule has 0 aromatic heterocycles. The molecule has 0 amide bonds. The highest BCUT2D eigenvalue weighted by molar-refractivity contribution is 6.11. The maximum atomic E-state index is 14.0. The SMILES string of the molecule is C=C(CN(CC)CC(=C)C(=O)c1c(CCC)cc(CCC)cc1CCC)C(=O)c1c(CCC)cc(CCC)cc1CCC. The van der Waals surface area contributed by atoms with Gasteiger partial charge in [-0.25, -0.2) is 0 Å². The summed E-state index contributed by atoms with van der Waals surface area (Å²) in [5, 5.41) is 0. The van der Waals surface area contributed by atoms with Crippen molar-refractivity contribution in [1.29, 1.82) is 0 Å². The summed E-state index contributed by atoms with van der Waals surface area (Å²) < 4.78 is 0. The molecule has 2 aromatic rings. The van der Waals surface area contributed by atoms with Crippen molar-refractivity contribution in [2.45, 2.75) is 126 Å². The number of rotatable bonds is 21. The lowest BCUT2D eigenvalue weighted by Gasteiger charge is -2.24. The largest absolute Gasteiger partial charge is 0.295 e. The van der Waals surface area contributed by atoms with Crippen LogP contribution in [0.2, 0.25) is 0 Å². The molecule has 0 aliphatic rings. The molecule has 0 atom stereocenters. The maximum Gasteiger partial charge on any atom is 0.190 e. The summed E-state index contributed by atoms with van der Waals surface area (Å²) in [5.74, 6) is 0.0969. The van der Waals surface area contributed by atoms with Gasteiger partial charge < -0.3 is 0 Å². The number of likely N-dealkylation sites (N-methyl/N-ethyl adjacent to an activating group) is 1. The molecule has 0 N–H and O–H groups in total. The molecule has 2 aromatic carbocycles. The van der Waals surface area contributed by atoms with Gasteiger partial charge in [-0.2, -0.15) is 0 Å². The second-order valence-electron chi connectivity index (χ2n) is 12.2. The Morgan fingerprint density at radius 1 is 0.512 bits per heavy atom. The van der Waals surface area contributed by atoms with Crippen LogP contribution in [0, 0.1) is 0 Å². The van der Waals surface area contributed by atoms with Gasteiger partial charge in [0.1, 0.15) is 0 Å². The summed E-state index contributed by atoms with van der Waals surface area (Å²) >= 11 is 0. The van der Waals surface area contributed by atoms with Gasteiger partial charge in [0, 0.05) is 35.4 Å². The summed E-state index contributed by atoms with van der Waals surface area (Å²) in [6.07, 6.45) is 11.8. The van der Waals surface area contributed by atoms with Crippen LogP contribution in [0.3, 0.4) is 0 Å². The number of carbonyl (C=O) groups excluding carboxylic acids is 2. The van der Waals surface area contributed by atoms with Crippen molar-refractivity contribution in [3.8, 4) is 0 Å². The van der Waals surface area contributed by atoms with Crippen molar-refractivity contribution in [2.75, 3.05) is 19.6 Å². The first-order chi connectivity index (χ1) is 20.7. The van der Waals surface area contributed by atoms with E-state index in [1.54, 1.807) is 0 Å². The van der Waals surface area contributed by atoms with Crippen LogP contribution in [-0.2, 0) is 38.5 Å². The summed E-state index contributed by atoms with van der Waals surface area (Å²) in [7, 11) is 0. The molecule has 0 unspecified atom stereocenters. The van der Waals surface area contributed by atoms with Gasteiger partial charge in [-0.1, -0.05) is 124 Å². The molecule has 0 heterocycles. The first-order valence-corrected chi connectivity index (χ1v) is 17.2. The van der Waals surface area contributed by atoms with Crippen LogP contribution in [0.5, 0.6) is 0 Å². The third kappa shape index (κ3) is 10.1. The predicted molar refractivity (Wildman–Crippen MR) is 186 cm³/mol.